The predicted octanol–water partition coefficient (Wildman–Crippen LogP) is 2.04. The van der Waals surface area contributed by atoms with Crippen LogP contribution in [0, 0.1) is 5.82 Å². The number of aromatic amines is 1. The molecular weight excluding hydrogens is 287 g/mol. The molecule has 0 saturated heterocycles. The van der Waals surface area contributed by atoms with Gasteiger partial charge in [-0.3, -0.25) is 9.79 Å². The van der Waals surface area contributed by atoms with E-state index in [-0.39, 0.29) is 5.56 Å². The highest BCUT2D eigenvalue weighted by Gasteiger charge is 2.18. The molecule has 0 fully saturated rings. The SMILES string of the molecule is NC(=O)c1cc(F)cc2[nH]c(-c3cc4c(o3)C=NCC4)nc12. The number of aromatic nitrogens is 2. The number of carbonyl (C=O) groups excluding carboxylic acids is 1. The monoisotopic (exact) mass is 298 g/mol. The minimum absolute atomic E-state index is 0.0374. The minimum Gasteiger partial charge on any atom is -0.452 e. The summed E-state index contributed by atoms with van der Waals surface area (Å²) in [7, 11) is 0. The highest BCUT2D eigenvalue weighted by molar-refractivity contribution is 6.04. The zero-order chi connectivity index (χ0) is 15.3. The molecule has 1 aliphatic rings. The lowest BCUT2D eigenvalue weighted by Gasteiger charge is -1.99. The summed E-state index contributed by atoms with van der Waals surface area (Å²) in [6, 6.07) is 4.22. The lowest BCUT2D eigenvalue weighted by molar-refractivity contribution is 0.100. The number of hydrogen-bond donors (Lipinski definition) is 2. The highest BCUT2D eigenvalue weighted by Crippen LogP contribution is 2.28. The van der Waals surface area contributed by atoms with Gasteiger partial charge >= 0.3 is 0 Å². The van der Waals surface area contributed by atoms with Crippen LogP contribution >= 0.6 is 0 Å². The number of benzene rings is 1. The van der Waals surface area contributed by atoms with E-state index in [0.717, 1.165) is 24.6 Å². The number of furan rings is 1. The molecule has 0 aliphatic carbocycles. The van der Waals surface area contributed by atoms with Gasteiger partial charge in [-0.1, -0.05) is 0 Å². The number of primary amides is 1. The van der Waals surface area contributed by atoms with Crippen LogP contribution < -0.4 is 5.73 Å². The predicted molar refractivity (Wildman–Crippen MR) is 78.4 cm³/mol. The number of nitrogens with zero attached hydrogens (tertiary/aromatic N) is 2. The molecule has 4 rings (SSSR count). The molecule has 7 heteroatoms. The summed E-state index contributed by atoms with van der Waals surface area (Å²) >= 11 is 0. The van der Waals surface area contributed by atoms with Crippen molar-refractivity contribution in [2.45, 2.75) is 6.42 Å². The summed E-state index contributed by atoms with van der Waals surface area (Å²) in [5, 5.41) is 0. The van der Waals surface area contributed by atoms with Crippen molar-refractivity contribution in [2.75, 3.05) is 6.54 Å². The molecule has 3 N–H and O–H groups in total. The number of rotatable bonds is 2. The van der Waals surface area contributed by atoms with Crippen LogP contribution in [0.25, 0.3) is 22.6 Å². The Hall–Kier alpha value is -2.96. The molecule has 0 spiro atoms. The number of imidazole rings is 1. The van der Waals surface area contributed by atoms with E-state index in [0.29, 0.717) is 28.4 Å². The van der Waals surface area contributed by atoms with Crippen LogP contribution in [-0.4, -0.2) is 28.6 Å². The molecule has 0 unspecified atom stereocenters. The maximum Gasteiger partial charge on any atom is 0.251 e. The Kier molecular flexibility index (Phi) is 2.62. The molecule has 2 aromatic heterocycles. The topological polar surface area (TPSA) is 97.3 Å². The summed E-state index contributed by atoms with van der Waals surface area (Å²) in [6.45, 7) is 0.725. The molecule has 0 atom stereocenters. The third-order valence-electron chi connectivity index (χ3n) is 3.61. The van der Waals surface area contributed by atoms with E-state index in [9.17, 15) is 9.18 Å². The molecule has 6 nitrogen and oxygen atoms in total. The number of fused-ring (bicyclic) bond motifs is 2. The van der Waals surface area contributed by atoms with Crippen molar-refractivity contribution in [1.29, 1.82) is 0 Å². The second-order valence-corrected chi connectivity index (χ2v) is 5.08. The van der Waals surface area contributed by atoms with Gasteiger partial charge in [-0.15, -0.1) is 0 Å². The lowest BCUT2D eigenvalue weighted by atomic mass is 10.1. The maximum atomic E-state index is 13.6. The third kappa shape index (κ3) is 1.90. The number of nitrogens with two attached hydrogens (primary N) is 1. The number of hydrogen-bond acceptors (Lipinski definition) is 4. The van der Waals surface area contributed by atoms with E-state index in [1.54, 1.807) is 6.21 Å². The van der Waals surface area contributed by atoms with E-state index in [2.05, 4.69) is 15.0 Å². The van der Waals surface area contributed by atoms with Crippen LogP contribution in [0.3, 0.4) is 0 Å². The number of nitrogens with one attached hydrogen (secondary N) is 1. The van der Waals surface area contributed by atoms with E-state index >= 15 is 0 Å². The number of H-pyrrole nitrogens is 1. The van der Waals surface area contributed by atoms with Gasteiger partial charge in [0.1, 0.15) is 17.1 Å². The van der Waals surface area contributed by atoms with Gasteiger partial charge in [0.2, 0.25) is 0 Å². The molecule has 1 amide bonds. The molecule has 22 heavy (non-hydrogen) atoms. The van der Waals surface area contributed by atoms with Gasteiger partial charge in [-0.05, 0) is 24.6 Å². The first kappa shape index (κ1) is 12.8. The molecule has 0 radical (unpaired) electrons. The number of amides is 1. The fraction of sp³-hybridized carbons (Fsp3) is 0.133. The summed E-state index contributed by atoms with van der Waals surface area (Å²) in [6.07, 6.45) is 2.48. The van der Waals surface area contributed by atoms with Gasteiger partial charge in [0, 0.05) is 12.1 Å². The fourth-order valence-electron chi connectivity index (χ4n) is 2.58. The molecule has 1 aliphatic heterocycles. The summed E-state index contributed by atoms with van der Waals surface area (Å²) in [4.78, 5) is 22.9. The standard InChI is InChI=1S/C15H11FN4O2/c16-8-4-9(14(17)21)13-10(5-8)19-15(20-13)11-3-7-1-2-18-6-12(7)22-11/h3-6H,1-2H2,(H2,17,21)(H,19,20). The van der Waals surface area contributed by atoms with Crippen molar-refractivity contribution in [2.24, 2.45) is 10.7 Å². The van der Waals surface area contributed by atoms with Gasteiger partial charge in [0.15, 0.2) is 11.6 Å². The average Bonchev–Trinajstić information content (AvgIpc) is 3.09. The van der Waals surface area contributed by atoms with Gasteiger partial charge in [0.05, 0.1) is 17.3 Å². The zero-order valence-electron chi connectivity index (χ0n) is 11.4. The van der Waals surface area contributed by atoms with Crippen LogP contribution in [0.4, 0.5) is 4.39 Å². The van der Waals surface area contributed by atoms with Gasteiger partial charge in [-0.25, -0.2) is 9.37 Å². The van der Waals surface area contributed by atoms with Crippen LogP contribution in [0.15, 0.2) is 27.6 Å². The second-order valence-electron chi connectivity index (χ2n) is 5.08. The van der Waals surface area contributed by atoms with Gasteiger partial charge in [0.25, 0.3) is 5.91 Å². The van der Waals surface area contributed by atoms with E-state index in [4.69, 9.17) is 10.2 Å². The number of aliphatic imine (C=N–C) groups is 1. The zero-order valence-corrected chi connectivity index (χ0v) is 11.4. The fourth-order valence-corrected chi connectivity index (χ4v) is 2.58. The van der Waals surface area contributed by atoms with Crippen molar-refractivity contribution >= 4 is 23.2 Å². The first-order chi connectivity index (χ1) is 10.6. The van der Waals surface area contributed by atoms with E-state index in [1.165, 1.54) is 6.07 Å². The summed E-state index contributed by atoms with van der Waals surface area (Å²) in [5.41, 5.74) is 7.08. The number of halogens is 1. The first-order valence-corrected chi connectivity index (χ1v) is 6.74. The molecule has 1 aromatic carbocycles. The summed E-state index contributed by atoms with van der Waals surface area (Å²) in [5.74, 6) is 0.357. The molecular formula is C15H11FN4O2. The summed E-state index contributed by atoms with van der Waals surface area (Å²) < 4.78 is 19.3. The van der Waals surface area contributed by atoms with Crippen LogP contribution in [0.1, 0.15) is 21.7 Å². The van der Waals surface area contributed by atoms with Crippen LogP contribution in [0.2, 0.25) is 0 Å². The Morgan fingerprint density at radius 3 is 3.00 bits per heavy atom. The highest BCUT2D eigenvalue weighted by atomic mass is 19.1. The molecule has 0 saturated carbocycles. The normalized spacial score (nSPS) is 13.5. The third-order valence-corrected chi connectivity index (χ3v) is 3.61. The minimum atomic E-state index is -0.728. The largest absolute Gasteiger partial charge is 0.452 e. The molecule has 3 heterocycles. The van der Waals surface area contributed by atoms with Crippen molar-refractivity contribution in [3.8, 4) is 11.6 Å². The van der Waals surface area contributed by atoms with Crippen molar-refractivity contribution in [3.63, 3.8) is 0 Å². The Morgan fingerprint density at radius 2 is 2.23 bits per heavy atom. The van der Waals surface area contributed by atoms with E-state index in [1.807, 2.05) is 6.07 Å². The van der Waals surface area contributed by atoms with Crippen LogP contribution in [0.5, 0.6) is 0 Å². The van der Waals surface area contributed by atoms with Crippen molar-refractivity contribution in [1.82, 2.24) is 9.97 Å². The Bertz CT molecular complexity index is 939. The molecule has 0 bridgehead atoms. The van der Waals surface area contributed by atoms with Gasteiger partial charge < -0.3 is 15.1 Å². The van der Waals surface area contributed by atoms with Crippen LogP contribution in [-0.2, 0) is 6.42 Å². The van der Waals surface area contributed by atoms with E-state index < -0.39 is 11.7 Å². The average molecular weight is 298 g/mol. The van der Waals surface area contributed by atoms with Gasteiger partial charge in [-0.2, -0.15) is 0 Å². The Labute approximate surface area is 123 Å². The lowest BCUT2D eigenvalue weighted by Crippen LogP contribution is -2.11. The quantitative estimate of drug-likeness (QED) is 0.757. The maximum absolute atomic E-state index is 13.6. The Morgan fingerprint density at radius 1 is 1.36 bits per heavy atom. The number of carbonyl (C=O) groups is 1. The Balaban J connectivity index is 1.89. The first-order valence-electron chi connectivity index (χ1n) is 6.74. The molecule has 3 aromatic rings. The second kappa shape index (κ2) is 4.52. The molecule has 110 valence electrons. The van der Waals surface area contributed by atoms with Crippen molar-refractivity contribution < 1.29 is 13.6 Å². The van der Waals surface area contributed by atoms with Crippen molar-refractivity contribution in [3.05, 3.63) is 40.9 Å². The smallest absolute Gasteiger partial charge is 0.251 e.